The molecule has 1 saturated heterocycles. The second kappa shape index (κ2) is 7.10. The average Bonchev–Trinajstić information content (AvgIpc) is 3.11. The van der Waals surface area contributed by atoms with E-state index in [1.165, 1.54) is 0 Å². The summed E-state index contributed by atoms with van der Waals surface area (Å²) in [5.41, 5.74) is 2.14. The first-order chi connectivity index (χ1) is 13.6. The number of hydrogen-bond acceptors (Lipinski definition) is 5. The number of fused-ring (bicyclic) bond motifs is 3. The number of amides is 1. The van der Waals surface area contributed by atoms with Gasteiger partial charge in [0.1, 0.15) is 6.54 Å². The molecule has 28 heavy (non-hydrogen) atoms. The number of rotatable bonds is 2. The van der Waals surface area contributed by atoms with Crippen molar-refractivity contribution in [3.63, 3.8) is 0 Å². The van der Waals surface area contributed by atoms with Crippen molar-refractivity contribution in [2.75, 3.05) is 24.5 Å². The van der Waals surface area contributed by atoms with Gasteiger partial charge in [-0.05, 0) is 48.9 Å². The summed E-state index contributed by atoms with van der Waals surface area (Å²) in [6, 6.07) is 16.4. The van der Waals surface area contributed by atoms with Crippen LogP contribution in [0.25, 0.3) is 0 Å². The van der Waals surface area contributed by atoms with Crippen LogP contribution in [0.15, 0.2) is 58.3 Å². The van der Waals surface area contributed by atoms with E-state index < -0.39 is 12.2 Å². The fraction of sp³-hybridized carbons (Fsp3) is 0.409. The smallest absolute Gasteiger partial charge is 0.242 e. The zero-order valence-corrected chi connectivity index (χ0v) is 16.4. The molecular formula is C22H24N2O3S. The fourth-order valence-electron chi connectivity index (χ4n) is 4.80. The van der Waals surface area contributed by atoms with Crippen LogP contribution in [-0.2, 0) is 4.79 Å². The molecule has 2 aromatic rings. The van der Waals surface area contributed by atoms with Crippen LogP contribution < -0.4 is 4.90 Å². The summed E-state index contributed by atoms with van der Waals surface area (Å²) in [7, 11) is 0. The van der Waals surface area contributed by atoms with Gasteiger partial charge in [0.15, 0.2) is 0 Å². The molecule has 0 radical (unpaired) electrons. The van der Waals surface area contributed by atoms with Crippen molar-refractivity contribution in [1.82, 2.24) is 4.90 Å². The monoisotopic (exact) mass is 396 g/mol. The van der Waals surface area contributed by atoms with E-state index in [1.807, 2.05) is 29.2 Å². The summed E-state index contributed by atoms with van der Waals surface area (Å²) in [4.78, 5) is 19.6. The van der Waals surface area contributed by atoms with E-state index in [0.29, 0.717) is 44.3 Å². The molecule has 2 heterocycles. The number of carbonyl (C=O) groups is 1. The summed E-state index contributed by atoms with van der Waals surface area (Å²) in [5, 5.41) is 19.9. The molecular weight excluding hydrogens is 372 g/mol. The molecule has 146 valence electrons. The molecule has 1 amide bonds. The Morgan fingerprint density at radius 1 is 0.893 bits per heavy atom. The summed E-state index contributed by atoms with van der Waals surface area (Å²) in [6.45, 7) is 1.66. The highest BCUT2D eigenvalue weighted by Crippen LogP contribution is 2.47. The van der Waals surface area contributed by atoms with Gasteiger partial charge in [0.05, 0.1) is 23.6 Å². The molecule has 5 nitrogen and oxygen atoms in total. The minimum atomic E-state index is -0.658. The zero-order valence-electron chi connectivity index (χ0n) is 15.6. The number of hydrogen-bond donors (Lipinski definition) is 2. The Morgan fingerprint density at radius 2 is 1.39 bits per heavy atom. The number of para-hydroxylation sites is 2. The van der Waals surface area contributed by atoms with Crippen LogP contribution in [0, 0.1) is 11.8 Å². The Balaban J connectivity index is 1.37. The van der Waals surface area contributed by atoms with Crippen molar-refractivity contribution in [2.24, 2.45) is 11.8 Å². The lowest BCUT2D eigenvalue weighted by Crippen LogP contribution is -2.38. The number of carbonyl (C=O) groups excluding carboxylic acids is 1. The van der Waals surface area contributed by atoms with Crippen LogP contribution in [0.5, 0.6) is 0 Å². The number of anilines is 2. The fourth-order valence-corrected chi connectivity index (χ4v) is 5.89. The second-order valence-corrected chi connectivity index (χ2v) is 9.13. The minimum Gasteiger partial charge on any atom is -0.390 e. The van der Waals surface area contributed by atoms with Gasteiger partial charge in [0, 0.05) is 22.9 Å². The molecule has 0 spiro atoms. The van der Waals surface area contributed by atoms with Crippen LogP contribution >= 0.6 is 11.8 Å². The molecule has 4 unspecified atom stereocenters. The van der Waals surface area contributed by atoms with E-state index in [1.54, 1.807) is 11.8 Å². The highest BCUT2D eigenvalue weighted by molar-refractivity contribution is 7.99. The van der Waals surface area contributed by atoms with Crippen molar-refractivity contribution in [2.45, 2.75) is 34.8 Å². The van der Waals surface area contributed by atoms with Gasteiger partial charge >= 0.3 is 0 Å². The highest BCUT2D eigenvalue weighted by Gasteiger charge is 2.42. The van der Waals surface area contributed by atoms with Gasteiger partial charge in [0.2, 0.25) is 5.91 Å². The third-order valence-corrected chi connectivity index (χ3v) is 7.42. The number of likely N-dealkylation sites (tertiary alicyclic amines) is 1. The SMILES string of the molecule is O=C(CN1c2ccccc2Sc2ccccc21)N1CC2CC(O)C(O)CC2C1. The molecule has 1 aliphatic carbocycles. The van der Waals surface area contributed by atoms with Crippen molar-refractivity contribution in [1.29, 1.82) is 0 Å². The van der Waals surface area contributed by atoms with Crippen molar-refractivity contribution in [3.8, 4) is 0 Å². The third kappa shape index (κ3) is 3.09. The average molecular weight is 397 g/mol. The molecule has 6 heteroatoms. The van der Waals surface area contributed by atoms with Gasteiger partial charge in [-0.1, -0.05) is 36.0 Å². The Kier molecular flexibility index (Phi) is 4.57. The summed E-state index contributed by atoms with van der Waals surface area (Å²) in [5.74, 6) is 0.688. The van der Waals surface area contributed by atoms with Crippen molar-refractivity contribution in [3.05, 3.63) is 48.5 Å². The largest absolute Gasteiger partial charge is 0.390 e. The first-order valence-corrected chi connectivity index (χ1v) is 10.7. The van der Waals surface area contributed by atoms with E-state index in [2.05, 4.69) is 29.2 Å². The first kappa shape index (κ1) is 18.0. The van der Waals surface area contributed by atoms with Gasteiger partial charge < -0.3 is 20.0 Å². The van der Waals surface area contributed by atoms with Crippen LogP contribution in [0.3, 0.4) is 0 Å². The van der Waals surface area contributed by atoms with Gasteiger partial charge in [-0.25, -0.2) is 0 Å². The third-order valence-electron chi connectivity index (χ3n) is 6.29. The molecule has 2 aromatic carbocycles. The van der Waals surface area contributed by atoms with E-state index in [0.717, 1.165) is 21.2 Å². The predicted molar refractivity (Wildman–Crippen MR) is 109 cm³/mol. The number of aliphatic hydroxyl groups excluding tert-OH is 2. The van der Waals surface area contributed by atoms with E-state index >= 15 is 0 Å². The first-order valence-electron chi connectivity index (χ1n) is 9.87. The lowest BCUT2D eigenvalue weighted by atomic mass is 9.79. The molecule has 2 N–H and O–H groups in total. The van der Waals surface area contributed by atoms with E-state index in [9.17, 15) is 15.0 Å². The maximum absolute atomic E-state index is 13.2. The molecule has 3 aliphatic rings. The Hall–Kier alpha value is -2.02. The maximum Gasteiger partial charge on any atom is 0.242 e. The minimum absolute atomic E-state index is 0.106. The molecule has 2 aliphatic heterocycles. The quantitative estimate of drug-likeness (QED) is 0.817. The summed E-state index contributed by atoms with van der Waals surface area (Å²) >= 11 is 1.74. The van der Waals surface area contributed by atoms with Gasteiger partial charge in [-0.2, -0.15) is 0 Å². The summed E-state index contributed by atoms with van der Waals surface area (Å²) in [6.07, 6.45) is -0.146. The lowest BCUT2D eigenvalue weighted by Gasteiger charge is -2.33. The van der Waals surface area contributed by atoms with Gasteiger partial charge in [0.25, 0.3) is 0 Å². The maximum atomic E-state index is 13.2. The lowest BCUT2D eigenvalue weighted by molar-refractivity contribution is -0.128. The van der Waals surface area contributed by atoms with Crippen LogP contribution in [0.1, 0.15) is 12.8 Å². The second-order valence-electron chi connectivity index (χ2n) is 8.05. The molecule has 4 atom stereocenters. The van der Waals surface area contributed by atoms with Gasteiger partial charge in [-0.3, -0.25) is 4.79 Å². The Bertz CT molecular complexity index is 841. The molecule has 0 aromatic heterocycles. The number of benzene rings is 2. The van der Waals surface area contributed by atoms with Gasteiger partial charge in [-0.15, -0.1) is 0 Å². The molecule has 0 bridgehead atoms. The molecule has 1 saturated carbocycles. The van der Waals surface area contributed by atoms with Crippen molar-refractivity contribution < 1.29 is 15.0 Å². The Labute approximate surface area is 169 Å². The molecule has 5 rings (SSSR count). The standard InChI is InChI=1S/C22H24N2O3S/c25-18-9-14-11-23(12-15(14)10-19(18)26)22(27)13-24-16-5-1-3-7-20(16)28-21-8-4-2-6-17(21)24/h1-8,14-15,18-19,25-26H,9-13H2. The summed E-state index contributed by atoms with van der Waals surface area (Å²) < 4.78 is 0. The normalized spacial score (nSPS) is 28.5. The van der Waals surface area contributed by atoms with Crippen LogP contribution in [0.2, 0.25) is 0 Å². The van der Waals surface area contributed by atoms with E-state index in [4.69, 9.17) is 0 Å². The predicted octanol–water partition coefficient (Wildman–Crippen LogP) is 2.88. The topological polar surface area (TPSA) is 64.0 Å². The molecule has 2 fully saturated rings. The highest BCUT2D eigenvalue weighted by atomic mass is 32.2. The van der Waals surface area contributed by atoms with Crippen LogP contribution in [-0.4, -0.2) is 52.9 Å². The Morgan fingerprint density at radius 3 is 1.93 bits per heavy atom. The zero-order chi connectivity index (χ0) is 19.3. The van der Waals surface area contributed by atoms with Crippen molar-refractivity contribution >= 4 is 29.0 Å². The van der Waals surface area contributed by atoms with Crippen LogP contribution in [0.4, 0.5) is 11.4 Å². The van der Waals surface area contributed by atoms with E-state index in [-0.39, 0.29) is 5.91 Å². The number of aliphatic hydroxyl groups is 2. The number of nitrogens with zero attached hydrogens (tertiary/aromatic N) is 2.